The molecule has 19 heavy (non-hydrogen) atoms. The molecular weight excluding hydrogens is 309 g/mol. The Hall–Kier alpha value is -0.780. The van der Waals surface area contributed by atoms with E-state index in [9.17, 15) is 13.2 Å². The highest BCUT2D eigenvalue weighted by atomic mass is 35.5. The molecule has 1 saturated carbocycles. The van der Waals surface area contributed by atoms with Gasteiger partial charge in [-0.25, -0.2) is 8.42 Å². The second-order valence-electron chi connectivity index (χ2n) is 4.48. The summed E-state index contributed by atoms with van der Waals surface area (Å²) < 4.78 is 26.7. The third-order valence-corrected chi connectivity index (χ3v) is 5.56. The second-order valence-corrected chi connectivity index (χ2v) is 7.15. The van der Waals surface area contributed by atoms with Gasteiger partial charge in [-0.15, -0.1) is 0 Å². The Bertz CT molecular complexity index is 601. The van der Waals surface area contributed by atoms with E-state index in [0.29, 0.717) is 23.6 Å². The molecule has 1 unspecified atom stereocenters. The Kier molecular flexibility index (Phi) is 4.38. The van der Waals surface area contributed by atoms with E-state index in [1.807, 2.05) is 0 Å². The monoisotopic (exact) mass is 321 g/mol. The first-order valence-electron chi connectivity index (χ1n) is 5.89. The Morgan fingerprint density at radius 1 is 1.16 bits per heavy atom. The first-order chi connectivity index (χ1) is 8.90. The van der Waals surface area contributed by atoms with Gasteiger partial charge in [0, 0.05) is 6.42 Å². The van der Waals surface area contributed by atoms with Crippen molar-refractivity contribution >= 4 is 44.7 Å². The molecule has 7 heteroatoms. The molecule has 1 aromatic carbocycles. The van der Waals surface area contributed by atoms with Crippen LogP contribution in [0.1, 0.15) is 25.7 Å². The number of hydrogen-bond acceptors (Lipinski definition) is 3. The van der Waals surface area contributed by atoms with E-state index in [1.165, 1.54) is 18.2 Å². The third-order valence-electron chi connectivity index (χ3n) is 3.05. The molecule has 1 atom stereocenters. The number of carbonyl (C=O) groups is 1. The van der Waals surface area contributed by atoms with Gasteiger partial charge in [0.1, 0.15) is 5.25 Å². The standard InChI is InChI=1S/C12H13Cl2NO3S/c13-9-6-5-8(7-10(9)14)15-19(17,18)12-4-2-1-3-11(12)16/h5-7,12,15H,1-4H2. The van der Waals surface area contributed by atoms with Crippen LogP contribution in [0.2, 0.25) is 10.0 Å². The first-order valence-corrected chi connectivity index (χ1v) is 8.20. The van der Waals surface area contributed by atoms with E-state index in [-0.39, 0.29) is 10.8 Å². The molecule has 104 valence electrons. The molecule has 0 spiro atoms. The molecule has 1 aromatic rings. The molecule has 0 amide bonds. The van der Waals surface area contributed by atoms with E-state index in [4.69, 9.17) is 23.2 Å². The first kappa shape index (κ1) is 14.6. The number of benzene rings is 1. The van der Waals surface area contributed by atoms with E-state index in [0.717, 1.165) is 12.8 Å². The van der Waals surface area contributed by atoms with Gasteiger partial charge in [0.15, 0.2) is 5.78 Å². The fraction of sp³-hybridized carbons (Fsp3) is 0.417. The number of anilines is 1. The minimum absolute atomic E-state index is 0.223. The van der Waals surface area contributed by atoms with E-state index in [2.05, 4.69) is 4.72 Å². The van der Waals surface area contributed by atoms with Gasteiger partial charge in [-0.2, -0.15) is 0 Å². The van der Waals surface area contributed by atoms with Crippen molar-refractivity contribution < 1.29 is 13.2 Å². The van der Waals surface area contributed by atoms with Crippen LogP contribution in [0.4, 0.5) is 5.69 Å². The number of nitrogens with one attached hydrogen (secondary N) is 1. The van der Waals surface area contributed by atoms with Crippen LogP contribution in [0.25, 0.3) is 0 Å². The van der Waals surface area contributed by atoms with Gasteiger partial charge in [0.2, 0.25) is 10.0 Å². The molecule has 1 fully saturated rings. The molecule has 1 aliphatic rings. The molecule has 4 nitrogen and oxygen atoms in total. The number of ketones is 1. The van der Waals surface area contributed by atoms with Crippen molar-refractivity contribution in [2.75, 3.05) is 4.72 Å². The lowest BCUT2D eigenvalue weighted by Crippen LogP contribution is -2.36. The van der Waals surface area contributed by atoms with Crippen LogP contribution < -0.4 is 4.72 Å². The maximum Gasteiger partial charge on any atom is 0.242 e. The maximum absolute atomic E-state index is 12.2. The number of carbonyl (C=O) groups excluding carboxylic acids is 1. The minimum atomic E-state index is -3.72. The van der Waals surface area contributed by atoms with Gasteiger partial charge in [0.05, 0.1) is 15.7 Å². The van der Waals surface area contributed by atoms with E-state index < -0.39 is 15.3 Å². The van der Waals surface area contributed by atoms with Crippen LogP contribution in [-0.4, -0.2) is 19.5 Å². The number of halogens is 2. The molecule has 0 radical (unpaired) electrons. The molecule has 1 N–H and O–H groups in total. The van der Waals surface area contributed by atoms with Crippen LogP contribution >= 0.6 is 23.2 Å². The maximum atomic E-state index is 12.2. The smallest absolute Gasteiger partial charge is 0.242 e. The van der Waals surface area contributed by atoms with Crippen molar-refractivity contribution in [1.82, 2.24) is 0 Å². The van der Waals surface area contributed by atoms with Crippen molar-refractivity contribution in [3.8, 4) is 0 Å². The van der Waals surface area contributed by atoms with Gasteiger partial charge in [0.25, 0.3) is 0 Å². The van der Waals surface area contributed by atoms with Crippen molar-refractivity contribution in [2.45, 2.75) is 30.9 Å². The average Bonchev–Trinajstić information content (AvgIpc) is 2.34. The highest BCUT2D eigenvalue weighted by Gasteiger charge is 2.34. The summed E-state index contributed by atoms with van der Waals surface area (Å²) in [6.45, 7) is 0. The zero-order chi connectivity index (χ0) is 14.0. The molecule has 0 heterocycles. The fourth-order valence-electron chi connectivity index (χ4n) is 2.07. The molecule has 0 saturated heterocycles. The lowest BCUT2D eigenvalue weighted by molar-refractivity contribution is -0.119. The lowest BCUT2D eigenvalue weighted by atomic mass is 9.99. The van der Waals surface area contributed by atoms with Crippen molar-refractivity contribution in [2.24, 2.45) is 0 Å². The van der Waals surface area contributed by atoms with E-state index >= 15 is 0 Å². The second kappa shape index (κ2) is 5.69. The van der Waals surface area contributed by atoms with Crippen molar-refractivity contribution in [3.63, 3.8) is 0 Å². The number of hydrogen-bond donors (Lipinski definition) is 1. The molecular formula is C12H13Cl2NO3S. The van der Waals surface area contributed by atoms with Gasteiger partial charge >= 0.3 is 0 Å². The predicted octanol–water partition coefficient (Wildman–Crippen LogP) is 3.25. The van der Waals surface area contributed by atoms with Gasteiger partial charge in [-0.3, -0.25) is 9.52 Å². The van der Waals surface area contributed by atoms with Gasteiger partial charge in [-0.1, -0.05) is 29.6 Å². The highest BCUT2D eigenvalue weighted by Crippen LogP contribution is 2.27. The van der Waals surface area contributed by atoms with Crippen LogP contribution in [0.3, 0.4) is 0 Å². The zero-order valence-electron chi connectivity index (χ0n) is 10.0. The van der Waals surface area contributed by atoms with Crippen LogP contribution in [0, 0.1) is 0 Å². The number of rotatable bonds is 3. The van der Waals surface area contributed by atoms with Gasteiger partial charge in [-0.05, 0) is 31.0 Å². The summed E-state index contributed by atoms with van der Waals surface area (Å²) in [5.41, 5.74) is 0.313. The zero-order valence-corrected chi connectivity index (χ0v) is 12.4. The van der Waals surface area contributed by atoms with Crippen molar-refractivity contribution in [1.29, 1.82) is 0 Å². The summed E-state index contributed by atoms with van der Waals surface area (Å²) in [6.07, 6.45) is 2.21. The summed E-state index contributed by atoms with van der Waals surface area (Å²) in [4.78, 5) is 11.7. The third kappa shape index (κ3) is 3.41. The quantitative estimate of drug-likeness (QED) is 0.929. The normalized spacial score (nSPS) is 20.3. The van der Waals surface area contributed by atoms with Crippen LogP contribution in [-0.2, 0) is 14.8 Å². The fourth-order valence-corrected chi connectivity index (χ4v) is 3.91. The Morgan fingerprint density at radius 3 is 2.53 bits per heavy atom. The minimum Gasteiger partial charge on any atom is -0.298 e. The molecule has 0 bridgehead atoms. The largest absolute Gasteiger partial charge is 0.298 e. The lowest BCUT2D eigenvalue weighted by Gasteiger charge is -2.21. The van der Waals surface area contributed by atoms with Gasteiger partial charge < -0.3 is 0 Å². The highest BCUT2D eigenvalue weighted by molar-refractivity contribution is 7.94. The summed E-state index contributed by atoms with van der Waals surface area (Å²) in [6, 6.07) is 4.44. The summed E-state index contributed by atoms with van der Waals surface area (Å²) in [5, 5.41) is -0.356. The number of sulfonamides is 1. The summed E-state index contributed by atoms with van der Waals surface area (Å²) in [7, 11) is -3.72. The van der Waals surface area contributed by atoms with E-state index in [1.54, 1.807) is 0 Å². The molecule has 0 aromatic heterocycles. The van der Waals surface area contributed by atoms with Crippen LogP contribution in [0.15, 0.2) is 18.2 Å². The Labute approximate surface area is 122 Å². The topological polar surface area (TPSA) is 63.2 Å². The molecule has 1 aliphatic carbocycles. The number of Topliss-reactive ketones (excluding diaryl/α,β-unsaturated/α-hetero) is 1. The van der Waals surface area contributed by atoms with Crippen molar-refractivity contribution in [3.05, 3.63) is 28.2 Å². The Balaban J connectivity index is 2.20. The average molecular weight is 322 g/mol. The molecule has 2 rings (SSSR count). The molecule has 0 aliphatic heterocycles. The predicted molar refractivity (Wildman–Crippen MR) is 76.3 cm³/mol. The SMILES string of the molecule is O=C1CCCCC1S(=O)(=O)Nc1ccc(Cl)c(Cl)c1. The summed E-state index contributed by atoms with van der Waals surface area (Å²) in [5.74, 6) is -0.223. The summed E-state index contributed by atoms with van der Waals surface area (Å²) >= 11 is 11.6. The Morgan fingerprint density at radius 2 is 1.89 bits per heavy atom. The van der Waals surface area contributed by atoms with Crippen LogP contribution in [0.5, 0.6) is 0 Å².